The highest BCUT2D eigenvalue weighted by molar-refractivity contribution is 6.46. The number of ether oxygens (including phenoxy) is 2. The van der Waals surface area contributed by atoms with Gasteiger partial charge in [0.1, 0.15) is 19.0 Å². The fourth-order valence-corrected chi connectivity index (χ4v) is 4.45. The van der Waals surface area contributed by atoms with Gasteiger partial charge >= 0.3 is 0 Å². The Bertz CT molecular complexity index is 1260. The molecule has 5 rings (SSSR count). The molecule has 0 aromatic heterocycles. The Kier molecular flexibility index (Phi) is 5.80. The number of likely N-dealkylation sites (tertiary alicyclic amines) is 1. The van der Waals surface area contributed by atoms with Gasteiger partial charge in [-0.2, -0.15) is 0 Å². The van der Waals surface area contributed by atoms with Gasteiger partial charge in [0.15, 0.2) is 11.5 Å². The molecular weight excluding hydrogens is 430 g/mol. The molecule has 0 aliphatic carbocycles. The van der Waals surface area contributed by atoms with E-state index in [1.807, 2.05) is 61.5 Å². The second-order valence-corrected chi connectivity index (χ2v) is 8.50. The smallest absolute Gasteiger partial charge is 0.295 e. The van der Waals surface area contributed by atoms with Gasteiger partial charge in [0, 0.05) is 12.1 Å². The van der Waals surface area contributed by atoms with Crippen LogP contribution in [0.4, 0.5) is 0 Å². The van der Waals surface area contributed by atoms with Crippen molar-refractivity contribution in [2.75, 3.05) is 19.8 Å². The summed E-state index contributed by atoms with van der Waals surface area (Å²) in [5.41, 5.74) is 3.40. The van der Waals surface area contributed by atoms with Crippen LogP contribution in [0.15, 0.2) is 78.4 Å². The topological polar surface area (TPSA) is 76.1 Å². The summed E-state index contributed by atoms with van der Waals surface area (Å²) < 4.78 is 11.2. The van der Waals surface area contributed by atoms with Gasteiger partial charge in [0.05, 0.1) is 11.6 Å². The predicted molar refractivity (Wildman–Crippen MR) is 128 cm³/mol. The van der Waals surface area contributed by atoms with Crippen molar-refractivity contribution < 1.29 is 24.2 Å². The molecule has 6 nitrogen and oxygen atoms in total. The number of Topliss-reactive ketones (excluding diaryl/α,β-unsaturated/α-hetero) is 1. The van der Waals surface area contributed by atoms with E-state index < -0.39 is 17.7 Å². The van der Waals surface area contributed by atoms with Crippen molar-refractivity contribution >= 4 is 17.4 Å². The van der Waals surface area contributed by atoms with Crippen molar-refractivity contribution in [3.63, 3.8) is 0 Å². The molecule has 2 aliphatic rings. The van der Waals surface area contributed by atoms with Crippen LogP contribution in [0.5, 0.6) is 11.5 Å². The SMILES string of the molecule is Cc1ccc(C2/C(=C(\O)c3ccc4c(c3)OCCO4)C(=O)C(=O)N2CCc2ccccc2)cc1. The zero-order chi connectivity index (χ0) is 23.7. The van der Waals surface area contributed by atoms with Crippen molar-refractivity contribution in [3.8, 4) is 11.5 Å². The summed E-state index contributed by atoms with van der Waals surface area (Å²) >= 11 is 0. The minimum atomic E-state index is -0.689. The molecule has 3 aromatic rings. The molecule has 1 fully saturated rings. The first-order valence-electron chi connectivity index (χ1n) is 11.3. The Balaban J connectivity index is 1.57. The van der Waals surface area contributed by atoms with E-state index in [1.54, 1.807) is 23.1 Å². The van der Waals surface area contributed by atoms with Crippen molar-refractivity contribution in [1.29, 1.82) is 0 Å². The molecule has 1 saturated heterocycles. The Morgan fingerprint density at radius 1 is 0.941 bits per heavy atom. The Hall–Kier alpha value is -4.06. The van der Waals surface area contributed by atoms with E-state index in [2.05, 4.69) is 0 Å². The lowest BCUT2D eigenvalue weighted by molar-refractivity contribution is -0.139. The molecule has 6 heteroatoms. The molecule has 2 heterocycles. The molecule has 1 amide bonds. The zero-order valence-corrected chi connectivity index (χ0v) is 18.9. The standard InChI is InChI=1S/C28H25NO5/c1-18-7-9-20(10-8-18)25-24(26(30)21-11-12-22-23(17-21)34-16-15-33-22)27(31)28(32)29(25)14-13-19-5-3-2-4-6-19/h2-12,17,25,30H,13-16H2,1H3/b26-24+. The molecule has 3 aromatic carbocycles. The number of fused-ring (bicyclic) bond motifs is 1. The lowest BCUT2D eigenvalue weighted by Gasteiger charge is -2.25. The third kappa shape index (κ3) is 4.03. The van der Waals surface area contributed by atoms with Crippen molar-refractivity contribution in [2.45, 2.75) is 19.4 Å². The van der Waals surface area contributed by atoms with Gasteiger partial charge in [0.25, 0.3) is 11.7 Å². The van der Waals surface area contributed by atoms with E-state index >= 15 is 0 Å². The first kappa shape index (κ1) is 21.8. The van der Waals surface area contributed by atoms with Crippen LogP contribution in [0.2, 0.25) is 0 Å². The van der Waals surface area contributed by atoms with Gasteiger partial charge in [-0.05, 0) is 42.7 Å². The van der Waals surface area contributed by atoms with Gasteiger partial charge in [-0.15, -0.1) is 0 Å². The first-order chi connectivity index (χ1) is 16.5. The maximum Gasteiger partial charge on any atom is 0.295 e. The number of nitrogens with zero attached hydrogens (tertiary/aromatic N) is 1. The van der Waals surface area contributed by atoms with Crippen molar-refractivity contribution in [3.05, 3.63) is 101 Å². The van der Waals surface area contributed by atoms with Crippen LogP contribution in [-0.2, 0) is 16.0 Å². The summed E-state index contributed by atoms with van der Waals surface area (Å²) in [6, 6.07) is 21.8. The number of hydrogen-bond acceptors (Lipinski definition) is 5. The van der Waals surface area contributed by atoms with Crippen LogP contribution >= 0.6 is 0 Å². The minimum absolute atomic E-state index is 0.0820. The van der Waals surface area contributed by atoms with E-state index in [0.29, 0.717) is 43.2 Å². The number of aryl methyl sites for hydroxylation is 1. The number of carbonyl (C=O) groups is 2. The Labute approximate surface area is 198 Å². The van der Waals surface area contributed by atoms with E-state index in [0.717, 1.165) is 16.7 Å². The molecule has 0 radical (unpaired) electrons. The van der Waals surface area contributed by atoms with Crippen LogP contribution in [-0.4, -0.2) is 41.5 Å². The second kappa shape index (κ2) is 9.06. The fraction of sp³-hybridized carbons (Fsp3) is 0.214. The number of benzene rings is 3. The lowest BCUT2D eigenvalue weighted by atomic mass is 9.94. The zero-order valence-electron chi connectivity index (χ0n) is 18.9. The number of rotatable bonds is 5. The fourth-order valence-electron chi connectivity index (χ4n) is 4.45. The normalized spacial score (nSPS) is 18.9. The summed E-state index contributed by atoms with van der Waals surface area (Å²) in [6.45, 7) is 3.19. The molecule has 34 heavy (non-hydrogen) atoms. The summed E-state index contributed by atoms with van der Waals surface area (Å²) in [7, 11) is 0. The number of hydrogen-bond donors (Lipinski definition) is 1. The lowest BCUT2D eigenvalue weighted by Crippen LogP contribution is -2.31. The third-order valence-corrected chi connectivity index (χ3v) is 6.23. The van der Waals surface area contributed by atoms with E-state index in [4.69, 9.17) is 9.47 Å². The van der Waals surface area contributed by atoms with Crippen LogP contribution in [0, 0.1) is 6.92 Å². The first-order valence-corrected chi connectivity index (χ1v) is 11.3. The quantitative estimate of drug-likeness (QED) is 0.350. The van der Waals surface area contributed by atoms with Crippen LogP contribution in [0.3, 0.4) is 0 Å². The molecule has 2 aliphatic heterocycles. The largest absolute Gasteiger partial charge is 0.507 e. The number of ketones is 1. The molecular formula is C28H25NO5. The molecule has 0 spiro atoms. The molecule has 0 saturated carbocycles. The Morgan fingerprint density at radius 3 is 2.38 bits per heavy atom. The van der Waals surface area contributed by atoms with Gasteiger partial charge in [-0.1, -0.05) is 60.2 Å². The highest BCUT2D eigenvalue weighted by Crippen LogP contribution is 2.41. The third-order valence-electron chi connectivity index (χ3n) is 6.23. The maximum atomic E-state index is 13.2. The summed E-state index contributed by atoms with van der Waals surface area (Å²) in [4.78, 5) is 27.9. The highest BCUT2D eigenvalue weighted by Gasteiger charge is 2.45. The molecule has 172 valence electrons. The van der Waals surface area contributed by atoms with Crippen LogP contribution in [0.25, 0.3) is 5.76 Å². The number of aliphatic hydroxyl groups excluding tert-OH is 1. The van der Waals surface area contributed by atoms with Gasteiger partial charge in [-0.3, -0.25) is 9.59 Å². The summed E-state index contributed by atoms with van der Waals surface area (Å²) in [5, 5.41) is 11.3. The number of aliphatic hydroxyl groups is 1. The van der Waals surface area contributed by atoms with Crippen LogP contribution in [0.1, 0.15) is 28.3 Å². The van der Waals surface area contributed by atoms with Gasteiger partial charge < -0.3 is 19.5 Å². The summed E-state index contributed by atoms with van der Waals surface area (Å²) in [5.74, 6) is -0.434. The minimum Gasteiger partial charge on any atom is -0.507 e. The number of amides is 1. The second-order valence-electron chi connectivity index (χ2n) is 8.50. The monoisotopic (exact) mass is 455 g/mol. The molecule has 1 N–H and O–H groups in total. The van der Waals surface area contributed by atoms with Crippen molar-refractivity contribution in [2.24, 2.45) is 0 Å². The highest BCUT2D eigenvalue weighted by atomic mass is 16.6. The molecule has 0 bridgehead atoms. The Morgan fingerprint density at radius 2 is 1.65 bits per heavy atom. The van der Waals surface area contributed by atoms with Gasteiger partial charge in [-0.25, -0.2) is 0 Å². The van der Waals surface area contributed by atoms with E-state index in [9.17, 15) is 14.7 Å². The average molecular weight is 456 g/mol. The molecule has 1 unspecified atom stereocenters. The van der Waals surface area contributed by atoms with Crippen molar-refractivity contribution in [1.82, 2.24) is 4.90 Å². The van der Waals surface area contributed by atoms with E-state index in [-0.39, 0.29) is 11.3 Å². The van der Waals surface area contributed by atoms with E-state index in [1.165, 1.54) is 0 Å². The summed E-state index contributed by atoms with van der Waals surface area (Å²) in [6.07, 6.45) is 0.598. The average Bonchev–Trinajstić information content (AvgIpc) is 3.12. The molecule has 1 atom stereocenters. The number of carbonyl (C=O) groups excluding carboxylic acids is 2. The predicted octanol–water partition coefficient (Wildman–Crippen LogP) is 4.43. The van der Waals surface area contributed by atoms with Gasteiger partial charge in [0.2, 0.25) is 0 Å². The van der Waals surface area contributed by atoms with Crippen LogP contribution < -0.4 is 9.47 Å². The maximum absolute atomic E-state index is 13.2.